The Kier molecular flexibility index (Phi) is 4.73. The van der Waals surface area contributed by atoms with Gasteiger partial charge in [-0.1, -0.05) is 19.1 Å². The largest absolute Gasteiger partial charge is 0.494 e. The minimum atomic E-state index is 0.756. The fraction of sp³-hybridized carbons (Fsp3) is 0.357. The third kappa shape index (κ3) is 3.31. The molecule has 0 fully saturated rings. The number of thiazole rings is 1. The summed E-state index contributed by atoms with van der Waals surface area (Å²) in [6, 6.07) is 8.12. The Labute approximate surface area is 112 Å². The number of nitrogens with one attached hydrogen (secondary N) is 1. The highest BCUT2D eigenvalue weighted by atomic mass is 32.1. The lowest BCUT2D eigenvalue weighted by Crippen LogP contribution is -2.02. The summed E-state index contributed by atoms with van der Waals surface area (Å²) in [5.74, 6) is 0.916. The maximum absolute atomic E-state index is 5.64. The lowest BCUT2D eigenvalue weighted by atomic mass is 10.2. The zero-order valence-corrected chi connectivity index (χ0v) is 11.6. The van der Waals surface area contributed by atoms with Crippen LogP contribution in [0.5, 0.6) is 5.75 Å². The zero-order valence-electron chi connectivity index (χ0n) is 10.8. The van der Waals surface area contributed by atoms with Gasteiger partial charge in [0.2, 0.25) is 0 Å². The standard InChI is InChI=1S/C14H18N2OS/c1-3-7-17-12-6-4-5-11(8-12)14-16-10-13(18-14)9-15-2/h4-6,8,10,15H,3,7,9H2,1-2H3. The molecular weight excluding hydrogens is 244 g/mol. The average Bonchev–Trinajstić information content (AvgIpc) is 2.86. The van der Waals surface area contributed by atoms with Gasteiger partial charge in [-0.25, -0.2) is 4.98 Å². The Balaban J connectivity index is 2.15. The number of hydrogen-bond acceptors (Lipinski definition) is 4. The molecule has 3 nitrogen and oxygen atoms in total. The molecule has 18 heavy (non-hydrogen) atoms. The first-order valence-corrected chi connectivity index (χ1v) is 6.97. The summed E-state index contributed by atoms with van der Waals surface area (Å²) >= 11 is 1.71. The van der Waals surface area contributed by atoms with Crippen LogP contribution < -0.4 is 10.1 Å². The Hall–Kier alpha value is -1.39. The molecule has 4 heteroatoms. The molecule has 0 aliphatic rings. The fourth-order valence-corrected chi connectivity index (χ4v) is 2.56. The second kappa shape index (κ2) is 6.52. The van der Waals surface area contributed by atoms with E-state index in [0.717, 1.165) is 35.9 Å². The number of nitrogens with zero attached hydrogens (tertiary/aromatic N) is 1. The van der Waals surface area contributed by atoms with Gasteiger partial charge in [-0.15, -0.1) is 11.3 Å². The third-order valence-electron chi connectivity index (χ3n) is 2.46. The molecule has 0 spiro atoms. The molecule has 1 heterocycles. The van der Waals surface area contributed by atoms with Crippen LogP contribution in [0.15, 0.2) is 30.5 Å². The van der Waals surface area contributed by atoms with Crippen LogP contribution in [0.1, 0.15) is 18.2 Å². The van der Waals surface area contributed by atoms with Crippen molar-refractivity contribution >= 4 is 11.3 Å². The van der Waals surface area contributed by atoms with E-state index in [1.54, 1.807) is 11.3 Å². The van der Waals surface area contributed by atoms with Crippen molar-refractivity contribution in [2.75, 3.05) is 13.7 Å². The van der Waals surface area contributed by atoms with Crippen LogP contribution in [0.3, 0.4) is 0 Å². The maximum Gasteiger partial charge on any atom is 0.123 e. The van der Waals surface area contributed by atoms with Crippen molar-refractivity contribution in [3.8, 4) is 16.3 Å². The molecule has 0 radical (unpaired) electrons. The molecule has 0 bridgehead atoms. The third-order valence-corrected chi connectivity index (χ3v) is 3.50. The SMILES string of the molecule is CCCOc1cccc(-c2ncc(CNC)s2)c1. The Bertz CT molecular complexity index is 496. The van der Waals surface area contributed by atoms with E-state index in [9.17, 15) is 0 Å². The van der Waals surface area contributed by atoms with E-state index in [1.165, 1.54) is 4.88 Å². The van der Waals surface area contributed by atoms with E-state index in [1.807, 2.05) is 25.4 Å². The highest BCUT2D eigenvalue weighted by Gasteiger charge is 2.05. The maximum atomic E-state index is 5.64. The van der Waals surface area contributed by atoms with Gasteiger partial charge in [-0.3, -0.25) is 0 Å². The minimum Gasteiger partial charge on any atom is -0.494 e. The molecule has 96 valence electrons. The molecule has 2 rings (SSSR count). The first kappa shape index (κ1) is 13.1. The second-order valence-corrected chi connectivity index (χ2v) is 5.15. The van der Waals surface area contributed by atoms with Gasteiger partial charge in [-0.05, 0) is 25.6 Å². The molecule has 0 aliphatic heterocycles. The van der Waals surface area contributed by atoms with Gasteiger partial charge in [-0.2, -0.15) is 0 Å². The number of hydrogen-bond donors (Lipinski definition) is 1. The summed E-state index contributed by atoms with van der Waals surface area (Å²) in [5, 5.41) is 4.18. The van der Waals surface area contributed by atoms with E-state index < -0.39 is 0 Å². The van der Waals surface area contributed by atoms with Crippen molar-refractivity contribution in [2.45, 2.75) is 19.9 Å². The zero-order chi connectivity index (χ0) is 12.8. The molecular formula is C14H18N2OS. The highest BCUT2D eigenvalue weighted by molar-refractivity contribution is 7.15. The number of rotatable bonds is 6. The van der Waals surface area contributed by atoms with E-state index >= 15 is 0 Å². The van der Waals surface area contributed by atoms with Gasteiger partial charge in [0.1, 0.15) is 10.8 Å². The van der Waals surface area contributed by atoms with Crippen LogP contribution in [0.4, 0.5) is 0 Å². The molecule has 0 aliphatic carbocycles. The predicted octanol–water partition coefficient (Wildman–Crippen LogP) is 3.32. The molecule has 0 unspecified atom stereocenters. The number of benzene rings is 1. The molecule has 1 N–H and O–H groups in total. The van der Waals surface area contributed by atoms with Crippen LogP contribution in [0, 0.1) is 0 Å². The summed E-state index contributed by atoms with van der Waals surface area (Å²) in [4.78, 5) is 5.69. The molecule has 0 amide bonds. The van der Waals surface area contributed by atoms with Gasteiger partial charge in [0.25, 0.3) is 0 Å². The van der Waals surface area contributed by atoms with Crippen molar-refractivity contribution in [3.63, 3.8) is 0 Å². The number of aromatic nitrogens is 1. The topological polar surface area (TPSA) is 34.1 Å². The van der Waals surface area contributed by atoms with Gasteiger partial charge in [0.15, 0.2) is 0 Å². The number of ether oxygens (including phenoxy) is 1. The van der Waals surface area contributed by atoms with E-state index in [4.69, 9.17) is 4.74 Å². The highest BCUT2D eigenvalue weighted by Crippen LogP contribution is 2.27. The molecule has 0 atom stereocenters. The van der Waals surface area contributed by atoms with Gasteiger partial charge in [0, 0.05) is 23.2 Å². The van der Waals surface area contributed by atoms with Crippen LogP contribution in [0.2, 0.25) is 0 Å². The Morgan fingerprint density at radius 2 is 2.28 bits per heavy atom. The summed E-state index contributed by atoms with van der Waals surface area (Å²) in [7, 11) is 1.94. The second-order valence-electron chi connectivity index (χ2n) is 4.04. The summed E-state index contributed by atoms with van der Waals surface area (Å²) in [6.07, 6.45) is 2.95. The van der Waals surface area contributed by atoms with E-state index in [2.05, 4.69) is 29.4 Å². The van der Waals surface area contributed by atoms with Gasteiger partial charge in [0.05, 0.1) is 6.61 Å². The van der Waals surface area contributed by atoms with Gasteiger partial charge < -0.3 is 10.1 Å². The minimum absolute atomic E-state index is 0.756. The summed E-state index contributed by atoms with van der Waals surface area (Å²) < 4.78 is 5.64. The average molecular weight is 262 g/mol. The van der Waals surface area contributed by atoms with Crippen molar-refractivity contribution < 1.29 is 4.74 Å². The first-order chi connectivity index (χ1) is 8.83. The van der Waals surface area contributed by atoms with Crippen molar-refractivity contribution in [3.05, 3.63) is 35.3 Å². The molecule has 2 aromatic rings. The van der Waals surface area contributed by atoms with Crippen molar-refractivity contribution in [1.82, 2.24) is 10.3 Å². The fourth-order valence-electron chi connectivity index (χ4n) is 1.64. The first-order valence-electron chi connectivity index (χ1n) is 6.16. The molecule has 0 saturated heterocycles. The van der Waals surface area contributed by atoms with Gasteiger partial charge >= 0.3 is 0 Å². The lowest BCUT2D eigenvalue weighted by Gasteiger charge is -2.05. The lowest BCUT2D eigenvalue weighted by molar-refractivity contribution is 0.317. The molecule has 1 aromatic carbocycles. The van der Waals surface area contributed by atoms with Crippen LogP contribution in [-0.4, -0.2) is 18.6 Å². The molecule has 0 saturated carbocycles. The monoisotopic (exact) mass is 262 g/mol. The van der Waals surface area contributed by atoms with Crippen LogP contribution in [0.25, 0.3) is 10.6 Å². The van der Waals surface area contributed by atoms with Crippen molar-refractivity contribution in [2.24, 2.45) is 0 Å². The van der Waals surface area contributed by atoms with Crippen LogP contribution >= 0.6 is 11.3 Å². The van der Waals surface area contributed by atoms with Crippen molar-refractivity contribution in [1.29, 1.82) is 0 Å². The predicted molar refractivity (Wildman–Crippen MR) is 76.1 cm³/mol. The summed E-state index contributed by atoms with van der Waals surface area (Å²) in [5.41, 5.74) is 1.12. The normalized spacial score (nSPS) is 10.6. The quantitative estimate of drug-likeness (QED) is 0.867. The molecule has 1 aromatic heterocycles. The summed E-state index contributed by atoms with van der Waals surface area (Å²) in [6.45, 7) is 3.73. The smallest absolute Gasteiger partial charge is 0.123 e. The Morgan fingerprint density at radius 3 is 3.06 bits per heavy atom. The van der Waals surface area contributed by atoms with E-state index in [0.29, 0.717) is 0 Å². The Morgan fingerprint density at radius 1 is 1.39 bits per heavy atom. The van der Waals surface area contributed by atoms with E-state index in [-0.39, 0.29) is 0 Å². The van der Waals surface area contributed by atoms with Crippen LogP contribution in [-0.2, 0) is 6.54 Å².